The molecule has 0 radical (unpaired) electrons. The van der Waals surface area contributed by atoms with Gasteiger partial charge in [-0.25, -0.2) is 17.9 Å². The topological polar surface area (TPSA) is 83.5 Å². The molecule has 1 atom stereocenters. The Bertz CT molecular complexity index is 732. The number of rotatable bonds is 6. The minimum Gasteiger partial charge on any atom is -0.477 e. The van der Waals surface area contributed by atoms with Crippen LogP contribution in [-0.2, 0) is 16.4 Å². The molecule has 0 aliphatic rings. The Kier molecular flexibility index (Phi) is 4.82. The maximum Gasteiger partial charge on any atom is 0.345 e. The zero-order chi connectivity index (χ0) is 15.6. The molecule has 114 valence electrons. The van der Waals surface area contributed by atoms with Crippen molar-refractivity contribution in [3.8, 4) is 0 Å². The normalized spacial score (nSPS) is 13.2. The average molecular weight is 345 g/mol. The summed E-state index contributed by atoms with van der Waals surface area (Å²) in [6.07, 6.45) is 0.595. The van der Waals surface area contributed by atoms with Gasteiger partial charge in [0.1, 0.15) is 4.88 Å². The van der Waals surface area contributed by atoms with Gasteiger partial charge in [-0.05, 0) is 48.7 Å². The predicted octanol–water partition coefficient (Wildman–Crippen LogP) is 2.73. The van der Waals surface area contributed by atoms with Gasteiger partial charge in [0.05, 0.1) is 4.90 Å². The fourth-order valence-corrected chi connectivity index (χ4v) is 5.33. The second kappa shape index (κ2) is 6.27. The van der Waals surface area contributed by atoms with Gasteiger partial charge in [-0.3, -0.25) is 0 Å². The summed E-state index contributed by atoms with van der Waals surface area (Å²) >= 11 is 2.53. The van der Waals surface area contributed by atoms with Crippen LogP contribution in [0, 0.1) is 6.92 Å². The summed E-state index contributed by atoms with van der Waals surface area (Å²) < 4.78 is 27.3. The minimum absolute atomic E-state index is 0.0263. The fraction of sp³-hybridized carbons (Fsp3) is 0.308. The van der Waals surface area contributed by atoms with Gasteiger partial charge in [0.25, 0.3) is 0 Å². The van der Waals surface area contributed by atoms with Crippen molar-refractivity contribution in [1.82, 2.24) is 4.72 Å². The predicted molar refractivity (Wildman–Crippen MR) is 83.8 cm³/mol. The zero-order valence-electron chi connectivity index (χ0n) is 11.5. The first-order valence-electron chi connectivity index (χ1n) is 6.16. The molecule has 2 N–H and O–H groups in total. The van der Waals surface area contributed by atoms with E-state index in [4.69, 9.17) is 5.11 Å². The second-order valence-electron chi connectivity index (χ2n) is 4.69. The van der Waals surface area contributed by atoms with Gasteiger partial charge in [-0.15, -0.1) is 11.3 Å². The van der Waals surface area contributed by atoms with Crippen LogP contribution in [0.4, 0.5) is 0 Å². The summed E-state index contributed by atoms with van der Waals surface area (Å²) in [4.78, 5) is 11.5. The van der Waals surface area contributed by atoms with E-state index in [0.717, 1.165) is 16.9 Å². The van der Waals surface area contributed by atoms with Crippen molar-refractivity contribution >= 4 is 38.7 Å². The van der Waals surface area contributed by atoms with Gasteiger partial charge >= 0.3 is 5.97 Å². The lowest BCUT2D eigenvalue weighted by atomic mass is 10.1. The molecule has 0 amide bonds. The minimum atomic E-state index is -3.71. The molecule has 0 bridgehead atoms. The highest BCUT2D eigenvalue weighted by molar-refractivity contribution is 7.89. The lowest BCUT2D eigenvalue weighted by Crippen LogP contribution is -2.34. The maximum atomic E-state index is 12.3. The molecule has 0 saturated carbocycles. The number of carbonyl (C=O) groups is 1. The molecule has 8 heteroatoms. The molecule has 2 aromatic heterocycles. The molecule has 0 spiro atoms. The van der Waals surface area contributed by atoms with Gasteiger partial charge in [-0.1, -0.05) is 0 Å². The summed E-state index contributed by atoms with van der Waals surface area (Å²) in [5, 5.41) is 12.9. The van der Waals surface area contributed by atoms with Gasteiger partial charge in [0.15, 0.2) is 0 Å². The van der Waals surface area contributed by atoms with Crippen LogP contribution in [0.1, 0.15) is 27.0 Å². The van der Waals surface area contributed by atoms with Gasteiger partial charge in [-0.2, -0.15) is 11.3 Å². The third-order valence-corrected chi connectivity index (χ3v) is 6.47. The number of sulfonamides is 1. The third kappa shape index (κ3) is 3.91. The van der Waals surface area contributed by atoms with E-state index in [0.29, 0.717) is 11.3 Å². The molecule has 0 aliphatic carbocycles. The van der Waals surface area contributed by atoms with Crippen LogP contribution in [0.5, 0.6) is 0 Å². The number of nitrogens with one attached hydrogen (secondary N) is 1. The Morgan fingerprint density at radius 2 is 2.19 bits per heavy atom. The van der Waals surface area contributed by atoms with E-state index in [1.807, 2.05) is 16.8 Å². The summed E-state index contributed by atoms with van der Waals surface area (Å²) in [5.74, 6) is -1.11. The number of hydrogen-bond acceptors (Lipinski definition) is 5. The number of carboxylic acids is 1. The molecule has 5 nitrogen and oxygen atoms in total. The molecule has 0 aromatic carbocycles. The molecule has 2 aromatic rings. The van der Waals surface area contributed by atoms with E-state index in [1.165, 1.54) is 6.07 Å². The van der Waals surface area contributed by atoms with E-state index in [-0.39, 0.29) is 15.8 Å². The highest BCUT2D eigenvalue weighted by Crippen LogP contribution is 2.26. The molecule has 0 aliphatic heterocycles. The van der Waals surface area contributed by atoms with Crippen molar-refractivity contribution in [3.63, 3.8) is 0 Å². The van der Waals surface area contributed by atoms with Crippen molar-refractivity contribution < 1.29 is 18.3 Å². The Morgan fingerprint density at radius 3 is 2.71 bits per heavy atom. The largest absolute Gasteiger partial charge is 0.477 e. The Hall–Kier alpha value is -1.22. The molecule has 0 saturated heterocycles. The van der Waals surface area contributed by atoms with Gasteiger partial charge in [0.2, 0.25) is 10.0 Å². The number of aryl methyl sites for hydroxylation is 1. The third-order valence-electron chi connectivity index (χ3n) is 2.85. The highest BCUT2D eigenvalue weighted by Gasteiger charge is 2.23. The number of thiophene rings is 2. The van der Waals surface area contributed by atoms with Gasteiger partial charge < -0.3 is 5.11 Å². The van der Waals surface area contributed by atoms with Crippen LogP contribution in [0.3, 0.4) is 0 Å². The van der Waals surface area contributed by atoms with Crippen LogP contribution in [0.15, 0.2) is 27.8 Å². The summed E-state index contributed by atoms with van der Waals surface area (Å²) in [6.45, 7) is 3.39. The van der Waals surface area contributed by atoms with Crippen molar-refractivity contribution in [2.75, 3.05) is 0 Å². The van der Waals surface area contributed by atoms with E-state index < -0.39 is 16.0 Å². The lowest BCUT2D eigenvalue weighted by molar-refractivity contribution is 0.0702. The van der Waals surface area contributed by atoms with Crippen molar-refractivity contribution in [2.45, 2.75) is 31.2 Å². The monoisotopic (exact) mass is 345 g/mol. The van der Waals surface area contributed by atoms with Crippen LogP contribution in [0.2, 0.25) is 0 Å². The zero-order valence-corrected chi connectivity index (χ0v) is 13.9. The van der Waals surface area contributed by atoms with Crippen LogP contribution < -0.4 is 4.72 Å². The Balaban J connectivity index is 2.16. The molecule has 2 rings (SSSR count). The molecule has 21 heavy (non-hydrogen) atoms. The van der Waals surface area contributed by atoms with Crippen LogP contribution in [0.25, 0.3) is 0 Å². The molecule has 1 unspecified atom stereocenters. The SMILES string of the molecule is Cc1sc(C(=O)O)cc1S(=O)(=O)NC(C)Cc1ccsc1. The average Bonchev–Trinajstić information content (AvgIpc) is 2.97. The smallest absolute Gasteiger partial charge is 0.345 e. The van der Waals surface area contributed by atoms with E-state index in [1.54, 1.807) is 25.2 Å². The first-order chi connectivity index (χ1) is 9.79. The Labute approximate surface area is 131 Å². The first kappa shape index (κ1) is 16.2. The molecule has 0 fully saturated rings. The number of aromatic carboxylic acids is 1. The highest BCUT2D eigenvalue weighted by atomic mass is 32.2. The summed E-state index contributed by atoms with van der Waals surface area (Å²) in [5.41, 5.74) is 1.07. The van der Waals surface area contributed by atoms with E-state index in [9.17, 15) is 13.2 Å². The van der Waals surface area contributed by atoms with Crippen LogP contribution in [-0.4, -0.2) is 25.5 Å². The number of hydrogen-bond donors (Lipinski definition) is 2. The standard InChI is InChI=1S/C13H15NO4S3/c1-8(5-10-3-4-19-7-10)14-21(17,18)12-6-11(13(15)16)20-9(12)2/h3-4,6-8,14H,5H2,1-2H3,(H,15,16). The fourth-order valence-electron chi connectivity index (χ4n) is 1.97. The van der Waals surface area contributed by atoms with E-state index >= 15 is 0 Å². The van der Waals surface area contributed by atoms with Crippen molar-refractivity contribution in [2.24, 2.45) is 0 Å². The molecular formula is C13H15NO4S3. The quantitative estimate of drug-likeness (QED) is 0.843. The lowest BCUT2D eigenvalue weighted by Gasteiger charge is -2.13. The van der Waals surface area contributed by atoms with Crippen LogP contribution >= 0.6 is 22.7 Å². The number of carboxylic acid groups (broad SMARTS) is 1. The van der Waals surface area contributed by atoms with Crippen molar-refractivity contribution in [1.29, 1.82) is 0 Å². The Morgan fingerprint density at radius 1 is 1.48 bits per heavy atom. The summed E-state index contributed by atoms with van der Waals surface area (Å²) in [7, 11) is -3.71. The first-order valence-corrected chi connectivity index (χ1v) is 9.41. The van der Waals surface area contributed by atoms with E-state index in [2.05, 4.69) is 4.72 Å². The molecule has 2 heterocycles. The van der Waals surface area contributed by atoms with Crippen molar-refractivity contribution in [3.05, 3.63) is 38.2 Å². The molecular weight excluding hydrogens is 330 g/mol. The maximum absolute atomic E-state index is 12.3. The summed E-state index contributed by atoms with van der Waals surface area (Å²) in [6, 6.07) is 2.90. The van der Waals surface area contributed by atoms with Gasteiger partial charge in [0, 0.05) is 10.9 Å². The second-order valence-corrected chi connectivity index (χ2v) is 8.41.